The van der Waals surface area contributed by atoms with Crippen molar-refractivity contribution in [1.82, 2.24) is 0 Å². The molecule has 7 heavy (non-hydrogen) atoms. The maximum absolute atomic E-state index is 9.25. The Morgan fingerprint density at radius 2 is 2.43 bits per heavy atom. The minimum absolute atomic E-state index is 0.778. The van der Waals surface area contributed by atoms with Gasteiger partial charge < -0.3 is 5.26 Å². The van der Waals surface area contributed by atoms with E-state index in [9.17, 15) is 5.26 Å². The van der Waals surface area contributed by atoms with Crippen molar-refractivity contribution in [3.8, 4) is 0 Å². The summed E-state index contributed by atoms with van der Waals surface area (Å²) in [5.41, 5.74) is 0. The third-order valence-electron chi connectivity index (χ3n) is 0.744. The van der Waals surface area contributed by atoms with Crippen molar-refractivity contribution in [2.75, 3.05) is 0 Å². The Kier molecular flexibility index (Phi) is 5.06. The van der Waals surface area contributed by atoms with Crippen LogP contribution < -0.4 is 5.26 Å². The Labute approximate surface area is 43.4 Å². The summed E-state index contributed by atoms with van der Waals surface area (Å²) in [5, 5.41) is 9.25. The van der Waals surface area contributed by atoms with Crippen LogP contribution in [0.25, 0.3) is 0 Å². The zero-order chi connectivity index (χ0) is 5.54. The molecule has 0 radical (unpaired) electrons. The molecule has 0 amide bonds. The fraction of sp³-hybridized carbons (Fsp3) is 0.800. The second-order valence-electron chi connectivity index (χ2n) is 1.41. The van der Waals surface area contributed by atoms with Crippen molar-refractivity contribution in [3.63, 3.8) is 0 Å². The minimum Gasteiger partial charge on any atom is -0.463 e. The van der Waals surface area contributed by atoms with Crippen molar-refractivity contribution >= 4 is 6.29 Å². The molecule has 0 bridgehead atoms. The molecular formula is C5H10O2. The van der Waals surface area contributed by atoms with E-state index in [1.54, 1.807) is 0 Å². The van der Waals surface area contributed by atoms with E-state index in [-0.39, 0.29) is 0 Å². The lowest BCUT2D eigenvalue weighted by Crippen LogP contribution is -1.96. The lowest BCUT2D eigenvalue weighted by Gasteiger charge is -1.78. The summed E-state index contributed by atoms with van der Waals surface area (Å²) >= 11 is 0. The van der Waals surface area contributed by atoms with Gasteiger partial charge in [0.15, 0.2) is 0 Å². The fourth-order valence-electron chi connectivity index (χ4n) is 0.336. The van der Waals surface area contributed by atoms with Crippen LogP contribution in [0, 0.1) is 0 Å². The van der Waals surface area contributed by atoms with E-state index in [1.165, 1.54) is 6.29 Å². The maximum Gasteiger partial charge on any atom is 0.318 e. The molecule has 0 aliphatic heterocycles. The van der Waals surface area contributed by atoms with Crippen LogP contribution in [0.5, 0.6) is 0 Å². The lowest BCUT2D eigenvalue weighted by atomic mass is 10.3. The van der Waals surface area contributed by atoms with Crippen LogP contribution >= 0.6 is 0 Å². The van der Waals surface area contributed by atoms with E-state index in [2.05, 4.69) is 11.5 Å². The summed E-state index contributed by atoms with van der Waals surface area (Å²) in [5.74, 6) is 0. The lowest BCUT2D eigenvalue weighted by molar-refractivity contribution is -1.04. The van der Waals surface area contributed by atoms with Crippen LogP contribution in [-0.2, 0) is 4.58 Å². The number of rotatable bonds is 3. The van der Waals surface area contributed by atoms with E-state index in [0.29, 0.717) is 0 Å². The molecule has 0 aromatic carbocycles. The largest absolute Gasteiger partial charge is 0.463 e. The molecular weight excluding hydrogens is 92.1 g/mol. The molecule has 2 nitrogen and oxygen atoms in total. The van der Waals surface area contributed by atoms with Gasteiger partial charge in [0.25, 0.3) is 0 Å². The SMILES string of the molecule is CCCCC=[O+][O-]. The molecule has 0 aliphatic carbocycles. The molecule has 0 unspecified atom stereocenters. The van der Waals surface area contributed by atoms with Gasteiger partial charge >= 0.3 is 6.29 Å². The van der Waals surface area contributed by atoms with E-state index in [1.807, 2.05) is 0 Å². The van der Waals surface area contributed by atoms with Crippen LogP contribution in [0.3, 0.4) is 0 Å². The monoisotopic (exact) mass is 102 g/mol. The summed E-state index contributed by atoms with van der Waals surface area (Å²) in [6, 6.07) is 0. The smallest absolute Gasteiger partial charge is 0.318 e. The molecule has 0 spiro atoms. The molecule has 0 saturated heterocycles. The number of carbonyl (C=O) groups excluding carboxylic acids is 1. The van der Waals surface area contributed by atoms with Crippen LogP contribution in [0.2, 0.25) is 0 Å². The quantitative estimate of drug-likeness (QED) is 0.165. The van der Waals surface area contributed by atoms with Crippen molar-refractivity contribution in [3.05, 3.63) is 0 Å². The van der Waals surface area contributed by atoms with Gasteiger partial charge in [0.1, 0.15) is 0 Å². The second-order valence-corrected chi connectivity index (χ2v) is 1.41. The average molecular weight is 102 g/mol. The summed E-state index contributed by atoms with van der Waals surface area (Å²) in [4.78, 5) is 0. The molecule has 2 heteroatoms. The Bertz CT molecular complexity index is 50.0. The summed E-state index contributed by atoms with van der Waals surface area (Å²) in [7, 11) is 0. The van der Waals surface area contributed by atoms with Gasteiger partial charge in [0.2, 0.25) is 0 Å². The fourth-order valence-corrected chi connectivity index (χ4v) is 0.336. The summed E-state index contributed by atoms with van der Waals surface area (Å²) < 4.78 is 3.47. The molecule has 0 heterocycles. The predicted octanol–water partition coefficient (Wildman–Crippen LogP) is 0.186. The zero-order valence-electron chi connectivity index (χ0n) is 4.52. The van der Waals surface area contributed by atoms with Gasteiger partial charge in [-0.1, -0.05) is 13.3 Å². The minimum atomic E-state index is 0.778. The van der Waals surface area contributed by atoms with E-state index < -0.39 is 0 Å². The van der Waals surface area contributed by atoms with E-state index in [0.717, 1.165) is 19.3 Å². The zero-order valence-corrected chi connectivity index (χ0v) is 4.52. The molecule has 42 valence electrons. The van der Waals surface area contributed by atoms with Gasteiger partial charge in [-0.05, 0) is 6.42 Å². The topological polar surface area (TPSA) is 34.4 Å². The van der Waals surface area contributed by atoms with Crippen molar-refractivity contribution in [1.29, 1.82) is 0 Å². The molecule has 0 saturated carbocycles. The highest BCUT2D eigenvalue weighted by Crippen LogP contribution is 1.87. The molecule has 0 atom stereocenters. The van der Waals surface area contributed by atoms with Crippen LogP contribution in [0.15, 0.2) is 0 Å². The van der Waals surface area contributed by atoms with Gasteiger partial charge in [-0.15, -0.1) is 0 Å². The summed E-state index contributed by atoms with van der Waals surface area (Å²) in [6.07, 6.45) is 4.21. The van der Waals surface area contributed by atoms with Crippen molar-refractivity contribution in [2.24, 2.45) is 0 Å². The molecule has 0 aromatic rings. The second kappa shape index (κ2) is 5.47. The van der Waals surface area contributed by atoms with Gasteiger partial charge in [-0.25, -0.2) is 0 Å². The summed E-state index contributed by atoms with van der Waals surface area (Å²) in [6.45, 7) is 2.07. The number of hydrogen-bond donors (Lipinski definition) is 0. The van der Waals surface area contributed by atoms with Crippen molar-refractivity contribution in [2.45, 2.75) is 26.2 Å². The molecule has 0 N–H and O–H groups in total. The first kappa shape index (κ1) is 6.47. The van der Waals surface area contributed by atoms with E-state index in [4.69, 9.17) is 0 Å². The first-order valence-electron chi connectivity index (χ1n) is 2.52. The molecule has 0 aromatic heterocycles. The van der Waals surface area contributed by atoms with Crippen LogP contribution in [-0.4, -0.2) is 6.29 Å². The molecule has 0 fully saturated rings. The molecule has 0 aliphatic rings. The van der Waals surface area contributed by atoms with Gasteiger partial charge in [-0.3, -0.25) is 0 Å². The van der Waals surface area contributed by atoms with Crippen LogP contribution in [0.4, 0.5) is 0 Å². The number of hydrogen-bond acceptors (Lipinski definition) is 1. The number of aldehydes is 1. The maximum atomic E-state index is 9.25. The van der Waals surface area contributed by atoms with Gasteiger partial charge in [0, 0.05) is 0 Å². The van der Waals surface area contributed by atoms with Crippen LogP contribution in [0.1, 0.15) is 26.2 Å². The Hall–Kier alpha value is -0.530. The Morgan fingerprint density at radius 3 is 2.86 bits per heavy atom. The highest BCUT2D eigenvalue weighted by Gasteiger charge is 1.82. The third-order valence-corrected chi connectivity index (χ3v) is 0.744. The Morgan fingerprint density at radius 1 is 1.71 bits per heavy atom. The van der Waals surface area contributed by atoms with E-state index >= 15 is 0 Å². The van der Waals surface area contributed by atoms with Crippen molar-refractivity contribution < 1.29 is 9.83 Å². The number of unbranched alkanes of at least 4 members (excludes halogenated alkanes) is 2. The standard InChI is InChI=1S/C5H10O2/c1-2-3-4-5-7-6/h5H,2-4H2,1H3. The highest BCUT2D eigenvalue weighted by molar-refractivity contribution is 5.49. The first-order valence-corrected chi connectivity index (χ1v) is 2.52. The normalized spacial score (nSPS) is 10.4. The highest BCUT2D eigenvalue weighted by atomic mass is 17.1. The Balaban J connectivity index is 2.69. The van der Waals surface area contributed by atoms with Gasteiger partial charge in [-0.2, -0.15) is 4.58 Å². The first-order chi connectivity index (χ1) is 3.41. The predicted molar refractivity (Wildman–Crippen MR) is 25.6 cm³/mol. The van der Waals surface area contributed by atoms with Gasteiger partial charge in [0.05, 0.1) is 6.42 Å². The third kappa shape index (κ3) is 5.47. The molecule has 0 rings (SSSR count). The average Bonchev–Trinajstić information content (AvgIpc) is 1.69.